The van der Waals surface area contributed by atoms with Crippen molar-refractivity contribution in [1.82, 2.24) is 0 Å². The van der Waals surface area contributed by atoms with Crippen LogP contribution in [0, 0.1) is 31.4 Å². The molecular weight excluding hydrogens is 358 g/mol. The Hall–Kier alpha value is -3.57. The van der Waals surface area contributed by atoms with Crippen molar-refractivity contribution >= 4 is 11.4 Å². The molecule has 146 valence electrons. The van der Waals surface area contributed by atoms with E-state index in [4.69, 9.17) is 37.4 Å². The Morgan fingerprint density at radius 3 is 2.00 bits per heavy atom. The maximum absolute atomic E-state index is 8.97. The third-order valence-electron chi connectivity index (χ3n) is 3.30. The number of rotatable bonds is 8. The standard InChI is InChI=1S/C19H15N3O4.2CH4/c1-14-4-5-16(8-15(14)10-20)25-12-23-11-24-13-26-17-6-7-18(21-2)19(9-17)22-3;;/h4-9H,11-13H2,1H3;2*1H4. The molecule has 0 saturated carbocycles. The Morgan fingerprint density at radius 1 is 0.857 bits per heavy atom. The number of nitriles is 1. The van der Waals surface area contributed by atoms with Crippen molar-refractivity contribution in [1.29, 1.82) is 5.26 Å². The Balaban J connectivity index is 0.00000364. The summed E-state index contributed by atoms with van der Waals surface area (Å²) in [6.07, 6.45) is 0. The van der Waals surface area contributed by atoms with Gasteiger partial charge in [0, 0.05) is 0 Å². The van der Waals surface area contributed by atoms with Gasteiger partial charge in [0.2, 0.25) is 0 Å². The molecule has 0 radical (unpaired) electrons. The Kier molecular flexibility index (Phi) is 11.1. The molecule has 2 aromatic carbocycles. The van der Waals surface area contributed by atoms with Gasteiger partial charge in [0.15, 0.2) is 31.8 Å². The van der Waals surface area contributed by atoms with Gasteiger partial charge in [-0.1, -0.05) is 27.0 Å². The molecule has 0 fully saturated rings. The lowest BCUT2D eigenvalue weighted by Gasteiger charge is -2.10. The first-order valence-corrected chi connectivity index (χ1v) is 7.48. The van der Waals surface area contributed by atoms with Gasteiger partial charge >= 0.3 is 0 Å². The van der Waals surface area contributed by atoms with Gasteiger partial charge in [0.1, 0.15) is 11.5 Å². The van der Waals surface area contributed by atoms with Gasteiger partial charge in [0.05, 0.1) is 24.8 Å². The first-order valence-electron chi connectivity index (χ1n) is 7.48. The van der Waals surface area contributed by atoms with E-state index < -0.39 is 0 Å². The third kappa shape index (κ3) is 6.97. The normalized spacial score (nSPS) is 8.93. The average molecular weight is 381 g/mol. The Morgan fingerprint density at radius 2 is 1.43 bits per heavy atom. The zero-order valence-corrected chi connectivity index (χ0v) is 14.1. The van der Waals surface area contributed by atoms with Crippen molar-refractivity contribution in [3.8, 4) is 17.6 Å². The van der Waals surface area contributed by atoms with E-state index in [1.165, 1.54) is 12.1 Å². The zero-order valence-electron chi connectivity index (χ0n) is 14.1. The molecule has 0 aromatic heterocycles. The van der Waals surface area contributed by atoms with Gasteiger partial charge in [-0.15, -0.1) is 0 Å². The smallest absolute Gasteiger partial charge is 0.198 e. The lowest BCUT2D eigenvalue weighted by atomic mass is 10.1. The van der Waals surface area contributed by atoms with Gasteiger partial charge in [-0.25, -0.2) is 4.85 Å². The van der Waals surface area contributed by atoms with Crippen LogP contribution in [0.3, 0.4) is 0 Å². The van der Waals surface area contributed by atoms with Crippen molar-refractivity contribution in [3.63, 3.8) is 0 Å². The molecule has 0 aliphatic rings. The monoisotopic (exact) mass is 381 g/mol. The van der Waals surface area contributed by atoms with Crippen LogP contribution >= 0.6 is 0 Å². The number of benzene rings is 2. The second-order valence-electron chi connectivity index (χ2n) is 5.01. The molecule has 0 aliphatic carbocycles. The first kappa shape index (κ1) is 24.4. The lowest BCUT2D eigenvalue weighted by molar-refractivity contribution is -0.130. The van der Waals surface area contributed by atoms with E-state index in [2.05, 4.69) is 15.8 Å². The summed E-state index contributed by atoms with van der Waals surface area (Å²) in [5.74, 6) is 0.971. The van der Waals surface area contributed by atoms with E-state index in [0.717, 1.165) is 5.56 Å². The summed E-state index contributed by atoms with van der Waals surface area (Å²) in [6.45, 7) is 15.7. The molecule has 0 heterocycles. The van der Waals surface area contributed by atoms with Crippen LogP contribution in [0.2, 0.25) is 0 Å². The predicted molar refractivity (Wildman–Crippen MR) is 106 cm³/mol. The fourth-order valence-corrected chi connectivity index (χ4v) is 1.93. The molecule has 2 aromatic rings. The van der Waals surface area contributed by atoms with Crippen LogP contribution in [-0.2, 0) is 9.47 Å². The molecule has 0 unspecified atom stereocenters. The highest BCUT2D eigenvalue weighted by Crippen LogP contribution is 2.31. The van der Waals surface area contributed by atoms with Crippen molar-refractivity contribution in [2.45, 2.75) is 21.8 Å². The van der Waals surface area contributed by atoms with Crippen LogP contribution in [0.1, 0.15) is 26.0 Å². The summed E-state index contributed by atoms with van der Waals surface area (Å²) < 4.78 is 21.0. The lowest BCUT2D eigenvalue weighted by Crippen LogP contribution is -2.10. The molecule has 0 bridgehead atoms. The quantitative estimate of drug-likeness (QED) is 0.338. The minimum atomic E-state index is -0.0715. The number of ether oxygens (including phenoxy) is 4. The highest BCUT2D eigenvalue weighted by Gasteiger charge is 2.04. The molecule has 0 saturated heterocycles. The SMILES string of the molecule is C.C.[C-]#[N+]c1ccc(OCOCOCOc2ccc(C)c(C#N)c2)cc1[N+]#[C-]. The summed E-state index contributed by atoms with van der Waals surface area (Å²) in [4.78, 5) is 6.52. The predicted octanol–water partition coefficient (Wildman–Crippen LogP) is 5.60. The Bertz CT molecular complexity index is 892. The van der Waals surface area contributed by atoms with Crippen LogP contribution in [-0.4, -0.2) is 20.4 Å². The van der Waals surface area contributed by atoms with Crippen LogP contribution in [0.5, 0.6) is 11.5 Å². The van der Waals surface area contributed by atoms with Crippen LogP contribution < -0.4 is 9.47 Å². The molecule has 7 nitrogen and oxygen atoms in total. The van der Waals surface area contributed by atoms with Gasteiger partial charge in [-0.2, -0.15) is 5.26 Å². The summed E-state index contributed by atoms with van der Waals surface area (Å²) in [5.41, 5.74) is 1.95. The van der Waals surface area contributed by atoms with E-state index in [-0.39, 0.29) is 46.6 Å². The highest BCUT2D eigenvalue weighted by atomic mass is 16.8. The molecular formula is C21H23N3O4. The van der Waals surface area contributed by atoms with Crippen molar-refractivity contribution in [3.05, 3.63) is 70.4 Å². The van der Waals surface area contributed by atoms with Gasteiger partial charge in [0.25, 0.3) is 0 Å². The Labute approximate surface area is 166 Å². The van der Waals surface area contributed by atoms with Gasteiger partial charge in [-0.05, 0) is 36.8 Å². The number of nitrogens with zero attached hydrogens (tertiary/aromatic N) is 3. The van der Waals surface area contributed by atoms with E-state index >= 15 is 0 Å². The van der Waals surface area contributed by atoms with E-state index in [0.29, 0.717) is 17.1 Å². The molecule has 0 aliphatic heterocycles. The summed E-state index contributed by atoms with van der Waals surface area (Å²) >= 11 is 0. The van der Waals surface area contributed by atoms with E-state index in [1.54, 1.807) is 24.3 Å². The minimum Gasteiger partial charge on any atom is -0.469 e. The first-order chi connectivity index (χ1) is 12.7. The average Bonchev–Trinajstić information content (AvgIpc) is 2.68. The second kappa shape index (κ2) is 12.7. The minimum absolute atomic E-state index is 0. The molecule has 2 rings (SSSR count). The highest BCUT2D eigenvalue weighted by molar-refractivity contribution is 5.72. The maximum atomic E-state index is 8.97. The van der Waals surface area contributed by atoms with E-state index in [9.17, 15) is 0 Å². The number of hydrogen-bond acceptors (Lipinski definition) is 5. The maximum Gasteiger partial charge on any atom is 0.198 e. The molecule has 7 heteroatoms. The molecule has 0 N–H and O–H groups in total. The summed E-state index contributed by atoms with van der Waals surface area (Å²) in [6, 6.07) is 11.9. The van der Waals surface area contributed by atoms with Crippen molar-refractivity contribution in [2.24, 2.45) is 0 Å². The van der Waals surface area contributed by atoms with E-state index in [1.807, 2.05) is 6.92 Å². The molecule has 0 spiro atoms. The van der Waals surface area contributed by atoms with Crippen LogP contribution in [0.15, 0.2) is 36.4 Å². The third-order valence-corrected chi connectivity index (χ3v) is 3.30. The fourth-order valence-electron chi connectivity index (χ4n) is 1.93. The van der Waals surface area contributed by atoms with Crippen LogP contribution in [0.25, 0.3) is 9.69 Å². The number of aryl methyl sites for hydroxylation is 1. The number of hydrogen-bond donors (Lipinski definition) is 0. The fraction of sp³-hybridized carbons (Fsp3) is 0.286. The zero-order chi connectivity index (χ0) is 18.8. The summed E-state index contributed by atoms with van der Waals surface area (Å²) in [7, 11) is 0. The van der Waals surface area contributed by atoms with Crippen molar-refractivity contribution < 1.29 is 18.9 Å². The molecule has 28 heavy (non-hydrogen) atoms. The van der Waals surface area contributed by atoms with Gasteiger partial charge in [-0.3, -0.25) is 4.85 Å². The molecule has 0 amide bonds. The molecule has 0 atom stereocenters. The largest absolute Gasteiger partial charge is 0.469 e. The summed E-state index contributed by atoms with van der Waals surface area (Å²) in [5, 5.41) is 8.97. The second-order valence-corrected chi connectivity index (χ2v) is 5.01. The van der Waals surface area contributed by atoms with Crippen LogP contribution in [0.4, 0.5) is 11.4 Å². The van der Waals surface area contributed by atoms with Gasteiger partial charge < -0.3 is 18.9 Å². The van der Waals surface area contributed by atoms with Crippen molar-refractivity contribution in [2.75, 3.05) is 20.4 Å². The topological polar surface area (TPSA) is 69.4 Å².